The van der Waals surface area contributed by atoms with Crippen LogP contribution in [-0.4, -0.2) is 11.7 Å². The van der Waals surface area contributed by atoms with Crippen LogP contribution in [0.4, 0.5) is 11.4 Å². The van der Waals surface area contributed by atoms with Crippen molar-refractivity contribution in [2.45, 2.75) is 26.3 Å². The summed E-state index contributed by atoms with van der Waals surface area (Å²) in [4.78, 5) is 7.29. The number of anilines is 1. The first-order valence-electron chi connectivity index (χ1n) is 8.50. The summed E-state index contributed by atoms with van der Waals surface area (Å²) in [6.45, 7) is 7.03. The predicted octanol–water partition coefficient (Wildman–Crippen LogP) is 5.47. The summed E-state index contributed by atoms with van der Waals surface area (Å²) in [6.07, 6.45) is 0. The zero-order valence-corrected chi connectivity index (χ0v) is 16.5. The zero-order chi connectivity index (χ0) is 18.3. The van der Waals surface area contributed by atoms with E-state index in [1.165, 1.54) is 15.3 Å². The molecule has 0 radical (unpaired) electrons. The molecule has 3 aromatic rings. The van der Waals surface area contributed by atoms with Gasteiger partial charge in [-0.3, -0.25) is 0 Å². The quantitative estimate of drug-likeness (QED) is 0.629. The van der Waals surface area contributed by atoms with Crippen LogP contribution in [-0.2, 0) is 5.54 Å². The number of benzene rings is 2. The third-order valence-corrected chi connectivity index (χ3v) is 6.92. The van der Waals surface area contributed by atoms with Crippen LogP contribution in [0.1, 0.15) is 25.6 Å². The Kier molecular flexibility index (Phi) is 4.25. The van der Waals surface area contributed by atoms with Gasteiger partial charge in [-0.15, -0.1) is 22.7 Å². The number of phenolic OH excluding ortho intramolecular Hbond substituents is 1. The summed E-state index contributed by atoms with van der Waals surface area (Å²) in [6, 6.07) is 13.2. The number of rotatable bonds is 3. The first kappa shape index (κ1) is 17.1. The van der Waals surface area contributed by atoms with Gasteiger partial charge in [0.25, 0.3) is 0 Å². The summed E-state index contributed by atoms with van der Waals surface area (Å²) < 4.78 is 6.65. The van der Waals surface area contributed by atoms with Gasteiger partial charge in [0, 0.05) is 17.3 Å². The van der Waals surface area contributed by atoms with Gasteiger partial charge >= 0.3 is 0 Å². The molecule has 2 N–H and O–H groups in total. The first-order valence-corrected chi connectivity index (χ1v) is 10.1. The summed E-state index contributed by atoms with van der Waals surface area (Å²) in [5.74, 6) is 1.13. The highest BCUT2D eigenvalue weighted by molar-refractivity contribution is 7.30. The fraction of sp³-hybridized carbons (Fsp3) is 0.250. The third-order valence-electron chi connectivity index (χ3n) is 4.22. The van der Waals surface area contributed by atoms with Gasteiger partial charge in [-0.2, -0.15) is 0 Å². The van der Waals surface area contributed by atoms with Gasteiger partial charge < -0.3 is 15.2 Å². The molecule has 1 aliphatic heterocycles. The summed E-state index contributed by atoms with van der Waals surface area (Å²) in [5.41, 5.74) is 2.96. The Morgan fingerprint density at radius 2 is 1.88 bits per heavy atom. The summed E-state index contributed by atoms with van der Waals surface area (Å²) in [5, 5.41) is 13.1. The molecule has 0 amide bonds. The van der Waals surface area contributed by atoms with Crippen molar-refractivity contribution in [2.24, 2.45) is 4.99 Å². The number of ether oxygens (including phenoxy) is 1. The zero-order valence-electron chi connectivity index (χ0n) is 14.9. The molecule has 1 aromatic heterocycles. The van der Waals surface area contributed by atoms with Crippen LogP contribution in [0.25, 0.3) is 10.4 Å². The lowest BCUT2D eigenvalue weighted by atomic mass is 9.93. The lowest BCUT2D eigenvalue weighted by Gasteiger charge is -2.33. The van der Waals surface area contributed by atoms with Crippen LogP contribution < -0.4 is 14.0 Å². The molecular weight excluding hydrogens is 364 g/mol. The predicted molar refractivity (Wildman–Crippen MR) is 109 cm³/mol. The van der Waals surface area contributed by atoms with E-state index in [1.54, 1.807) is 34.8 Å². The minimum Gasteiger partial charge on any atom is -0.508 e. The second kappa shape index (κ2) is 6.45. The topological polar surface area (TPSA) is 53.8 Å². The molecule has 0 spiro atoms. The second-order valence-electron chi connectivity index (χ2n) is 6.65. The summed E-state index contributed by atoms with van der Waals surface area (Å²) in [7, 11) is 0. The molecular formula is C20H20N2O2S2. The molecule has 0 unspecified atom stereocenters. The Labute approximate surface area is 160 Å². The van der Waals surface area contributed by atoms with E-state index < -0.39 is 0 Å². The molecule has 4 rings (SSSR count). The van der Waals surface area contributed by atoms with Crippen LogP contribution in [0.15, 0.2) is 47.5 Å². The molecule has 0 saturated carbocycles. The molecule has 1 aliphatic rings. The van der Waals surface area contributed by atoms with Crippen LogP contribution in [0.3, 0.4) is 0 Å². The number of aromatic hydroxyl groups is 1. The van der Waals surface area contributed by atoms with Crippen molar-refractivity contribution in [1.29, 1.82) is 0 Å². The molecule has 2 aromatic carbocycles. The molecule has 0 bridgehead atoms. The monoisotopic (exact) mass is 384 g/mol. The van der Waals surface area contributed by atoms with Crippen molar-refractivity contribution in [3.63, 3.8) is 0 Å². The van der Waals surface area contributed by atoms with Crippen LogP contribution >= 0.6 is 22.7 Å². The maximum Gasteiger partial charge on any atom is 0.171 e. The van der Waals surface area contributed by atoms with E-state index in [0.29, 0.717) is 6.61 Å². The minimum atomic E-state index is -0.170. The Morgan fingerprint density at radius 1 is 1.12 bits per heavy atom. The maximum absolute atomic E-state index is 9.44. The van der Waals surface area contributed by atoms with E-state index in [1.807, 2.05) is 25.1 Å². The summed E-state index contributed by atoms with van der Waals surface area (Å²) >= 11 is 3.42. The number of fused-ring (bicyclic) bond motifs is 3. The SMILES string of the molecule is CCOc1ccc2c(c1)NC(C)(C)c1sc(=Nc3ccc(O)cc3)sc1-2. The first-order chi connectivity index (χ1) is 12.5. The van der Waals surface area contributed by atoms with Crippen LogP contribution in [0, 0.1) is 0 Å². The average Bonchev–Trinajstić information content (AvgIpc) is 3.02. The highest BCUT2D eigenvalue weighted by Gasteiger charge is 2.33. The molecule has 0 fully saturated rings. The van der Waals surface area contributed by atoms with Crippen LogP contribution in [0.5, 0.6) is 11.5 Å². The Morgan fingerprint density at radius 3 is 2.62 bits per heavy atom. The normalized spacial score (nSPS) is 15.1. The van der Waals surface area contributed by atoms with E-state index >= 15 is 0 Å². The largest absolute Gasteiger partial charge is 0.508 e. The average molecular weight is 385 g/mol. The molecule has 0 atom stereocenters. The number of nitrogens with zero attached hydrogens (tertiary/aromatic N) is 1. The number of phenols is 1. The van der Waals surface area contributed by atoms with Crippen molar-refractivity contribution in [3.8, 4) is 21.9 Å². The van der Waals surface area contributed by atoms with Gasteiger partial charge in [0.2, 0.25) is 0 Å². The fourth-order valence-electron chi connectivity index (χ4n) is 3.03. The van der Waals surface area contributed by atoms with Gasteiger partial charge in [0.1, 0.15) is 11.5 Å². The van der Waals surface area contributed by atoms with Crippen molar-refractivity contribution in [1.82, 2.24) is 0 Å². The maximum atomic E-state index is 9.44. The standard InChI is InChI=1S/C20H20N2O2S2/c1-4-24-14-9-10-15-16(11-14)22-20(2,3)18-17(15)25-19(26-18)21-12-5-7-13(23)8-6-12/h5-11,22-23H,4H2,1-3H3. The smallest absolute Gasteiger partial charge is 0.171 e. The Bertz CT molecular complexity index is 1020. The fourth-order valence-corrected chi connectivity index (χ4v) is 5.74. The third kappa shape index (κ3) is 3.10. The molecule has 6 heteroatoms. The van der Waals surface area contributed by atoms with Crippen LogP contribution in [0.2, 0.25) is 0 Å². The second-order valence-corrected chi connectivity index (χ2v) is 8.90. The number of hydrogen-bond acceptors (Lipinski definition) is 6. The van der Waals surface area contributed by atoms with Gasteiger partial charge in [-0.1, -0.05) is 0 Å². The van der Waals surface area contributed by atoms with Crippen molar-refractivity contribution in [2.75, 3.05) is 11.9 Å². The van der Waals surface area contributed by atoms with E-state index in [0.717, 1.165) is 21.1 Å². The van der Waals surface area contributed by atoms with Gasteiger partial charge in [-0.25, -0.2) is 4.99 Å². The lowest BCUT2D eigenvalue weighted by molar-refractivity contribution is 0.340. The Hall–Kier alpha value is -2.31. The highest BCUT2D eigenvalue weighted by Crippen LogP contribution is 2.47. The van der Waals surface area contributed by atoms with E-state index in [2.05, 4.69) is 31.3 Å². The van der Waals surface area contributed by atoms with Crippen molar-refractivity contribution < 1.29 is 9.84 Å². The van der Waals surface area contributed by atoms with E-state index in [4.69, 9.17) is 9.73 Å². The van der Waals surface area contributed by atoms with Crippen molar-refractivity contribution in [3.05, 3.63) is 51.3 Å². The number of nitrogens with one attached hydrogen (secondary N) is 1. The minimum absolute atomic E-state index is 0.170. The molecule has 4 nitrogen and oxygen atoms in total. The molecule has 0 aliphatic carbocycles. The molecule has 134 valence electrons. The lowest BCUT2D eigenvalue weighted by Crippen LogP contribution is -2.30. The Balaban J connectivity index is 1.83. The van der Waals surface area contributed by atoms with Crippen molar-refractivity contribution >= 4 is 34.0 Å². The van der Waals surface area contributed by atoms with Gasteiger partial charge in [0.05, 0.1) is 27.6 Å². The van der Waals surface area contributed by atoms with E-state index in [-0.39, 0.29) is 11.3 Å². The number of hydrogen-bond donors (Lipinski definition) is 2. The van der Waals surface area contributed by atoms with E-state index in [9.17, 15) is 5.11 Å². The van der Waals surface area contributed by atoms with Gasteiger partial charge in [-0.05, 0) is 57.2 Å². The molecule has 26 heavy (non-hydrogen) atoms. The molecule has 0 saturated heterocycles. The molecule has 2 heterocycles. The highest BCUT2D eigenvalue weighted by atomic mass is 32.2. The van der Waals surface area contributed by atoms with Gasteiger partial charge in [0.15, 0.2) is 3.98 Å².